The highest BCUT2D eigenvalue weighted by molar-refractivity contribution is 7.90. The molecule has 2 atom stereocenters. The Morgan fingerprint density at radius 1 is 1.36 bits per heavy atom. The third-order valence-electron chi connectivity index (χ3n) is 3.59. The van der Waals surface area contributed by atoms with Crippen molar-refractivity contribution in [1.29, 1.82) is 0 Å². The number of benzene rings is 1. The van der Waals surface area contributed by atoms with Gasteiger partial charge in [-0.15, -0.1) is 0 Å². The maximum absolute atomic E-state index is 12.2. The third-order valence-corrected chi connectivity index (χ3v) is 5.45. The predicted molar refractivity (Wildman–Crippen MR) is 78.4 cm³/mol. The van der Waals surface area contributed by atoms with E-state index < -0.39 is 21.2 Å². The van der Waals surface area contributed by atoms with Crippen molar-refractivity contribution >= 4 is 15.9 Å². The summed E-state index contributed by atoms with van der Waals surface area (Å²) >= 11 is 0. The van der Waals surface area contributed by atoms with E-state index in [2.05, 4.69) is 9.71 Å². The normalized spacial score (nSPS) is 20.7. The summed E-state index contributed by atoms with van der Waals surface area (Å²) in [6, 6.07) is 9.53. The van der Waals surface area contributed by atoms with Crippen LogP contribution >= 0.6 is 0 Å². The van der Waals surface area contributed by atoms with Crippen molar-refractivity contribution in [3.8, 4) is 0 Å². The molecule has 3 rings (SSSR count). The molecule has 0 aliphatic heterocycles. The molecule has 0 radical (unpaired) electrons. The number of nitrogens with zero attached hydrogens (tertiary/aromatic N) is 1. The maximum Gasteiger partial charge on any atom is 0.270 e. The van der Waals surface area contributed by atoms with E-state index in [-0.39, 0.29) is 24.0 Å². The Hall–Kier alpha value is -2.19. The van der Waals surface area contributed by atoms with Crippen molar-refractivity contribution < 1.29 is 17.6 Å². The standard InChI is InChI=1S/C14H15N3O4S/c15-14(18)11-8-21-13(17-11)7-16-22(19,20)12-6-10(12)9-4-2-1-3-5-9/h1-5,8,10,12,16H,6-7H2,(H2,15,18). The maximum atomic E-state index is 12.2. The number of hydrogen-bond acceptors (Lipinski definition) is 5. The second-order valence-electron chi connectivity index (χ2n) is 5.15. The number of sulfonamides is 1. The molecule has 116 valence electrons. The fourth-order valence-corrected chi connectivity index (χ4v) is 3.93. The van der Waals surface area contributed by atoms with Crippen molar-refractivity contribution in [3.05, 3.63) is 53.7 Å². The summed E-state index contributed by atoms with van der Waals surface area (Å²) in [7, 11) is -3.46. The van der Waals surface area contributed by atoms with Gasteiger partial charge in [-0.3, -0.25) is 4.79 Å². The Balaban J connectivity index is 1.61. The van der Waals surface area contributed by atoms with E-state index in [0.717, 1.165) is 11.8 Å². The van der Waals surface area contributed by atoms with Crippen molar-refractivity contribution in [1.82, 2.24) is 9.71 Å². The summed E-state index contributed by atoms with van der Waals surface area (Å²) in [5.74, 6) is -0.595. The van der Waals surface area contributed by atoms with Crippen LogP contribution in [0.5, 0.6) is 0 Å². The third kappa shape index (κ3) is 3.02. The molecule has 0 saturated heterocycles. The molecule has 1 amide bonds. The average molecular weight is 321 g/mol. The number of carbonyl (C=O) groups is 1. The van der Waals surface area contributed by atoms with E-state index in [4.69, 9.17) is 10.2 Å². The van der Waals surface area contributed by atoms with Crippen molar-refractivity contribution in [2.75, 3.05) is 0 Å². The quantitative estimate of drug-likeness (QED) is 0.814. The molecule has 1 saturated carbocycles. The monoisotopic (exact) mass is 321 g/mol. The van der Waals surface area contributed by atoms with Crippen LogP contribution < -0.4 is 10.5 Å². The first-order chi connectivity index (χ1) is 10.5. The molecular formula is C14H15N3O4S. The lowest BCUT2D eigenvalue weighted by atomic mass is 10.1. The number of amides is 1. The fourth-order valence-electron chi connectivity index (χ4n) is 2.34. The number of aromatic nitrogens is 1. The first kappa shape index (κ1) is 14.7. The Morgan fingerprint density at radius 3 is 2.73 bits per heavy atom. The van der Waals surface area contributed by atoms with Gasteiger partial charge in [0.05, 0.1) is 11.8 Å². The van der Waals surface area contributed by atoms with Gasteiger partial charge in [-0.1, -0.05) is 30.3 Å². The number of nitrogens with two attached hydrogens (primary N) is 1. The van der Waals surface area contributed by atoms with Gasteiger partial charge in [0.1, 0.15) is 6.26 Å². The van der Waals surface area contributed by atoms with Crippen LogP contribution in [0.15, 0.2) is 41.0 Å². The van der Waals surface area contributed by atoms with Crippen LogP contribution in [-0.4, -0.2) is 24.6 Å². The largest absolute Gasteiger partial charge is 0.447 e. The lowest BCUT2D eigenvalue weighted by Crippen LogP contribution is -2.27. The van der Waals surface area contributed by atoms with Gasteiger partial charge >= 0.3 is 0 Å². The van der Waals surface area contributed by atoms with Crippen LogP contribution in [0, 0.1) is 0 Å². The van der Waals surface area contributed by atoms with E-state index in [1.165, 1.54) is 0 Å². The molecular weight excluding hydrogens is 306 g/mol. The number of primary amides is 1. The molecule has 7 nitrogen and oxygen atoms in total. The molecule has 1 fully saturated rings. The minimum absolute atomic E-state index is 0.0180. The second kappa shape index (κ2) is 5.54. The number of carbonyl (C=O) groups excluding carboxylic acids is 1. The molecule has 0 spiro atoms. The highest BCUT2D eigenvalue weighted by atomic mass is 32.2. The van der Waals surface area contributed by atoms with Crippen LogP contribution in [0.1, 0.15) is 34.3 Å². The molecule has 1 aromatic carbocycles. The van der Waals surface area contributed by atoms with Crippen LogP contribution in [0.3, 0.4) is 0 Å². The number of rotatable bonds is 6. The zero-order valence-electron chi connectivity index (χ0n) is 11.6. The average Bonchev–Trinajstić information content (AvgIpc) is 3.18. The summed E-state index contributed by atoms with van der Waals surface area (Å²) in [4.78, 5) is 14.7. The molecule has 1 aliphatic rings. The zero-order valence-corrected chi connectivity index (χ0v) is 12.4. The summed E-state index contributed by atoms with van der Waals surface area (Å²) in [5.41, 5.74) is 6.04. The van der Waals surface area contributed by atoms with Gasteiger partial charge in [0.25, 0.3) is 5.91 Å². The molecule has 1 heterocycles. The van der Waals surface area contributed by atoms with Gasteiger partial charge in [0.15, 0.2) is 5.69 Å². The number of nitrogens with one attached hydrogen (secondary N) is 1. The van der Waals surface area contributed by atoms with E-state index in [1.807, 2.05) is 30.3 Å². The molecule has 2 aromatic rings. The van der Waals surface area contributed by atoms with Crippen molar-refractivity contribution in [2.45, 2.75) is 24.1 Å². The summed E-state index contributed by atoms with van der Waals surface area (Å²) in [6.07, 6.45) is 1.70. The Labute approximate surface area is 127 Å². The minimum Gasteiger partial charge on any atom is -0.447 e. The summed E-state index contributed by atoms with van der Waals surface area (Å²) < 4.78 is 31.9. The van der Waals surface area contributed by atoms with Crippen molar-refractivity contribution in [2.24, 2.45) is 5.73 Å². The first-order valence-electron chi connectivity index (χ1n) is 6.75. The zero-order chi connectivity index (χ0) is 15.7. The van der Waals surface area contributed by atoms with Crippen LogP contribution in [0.25, 0.3) is 0 Å². The molecule has 2 unspecified atom stereocenters. The lowest BCUT2D eigenvalue weighted by molar-refractivity contribution is 0.0995. The van der Waals surface area contributed by atoms with Crippen LogP contribution in [-0.2, 0) is 16.6 Å². The predicted octanol–water partition coefficient (Wildman–Crippen LogP) is 0.749. The Morgan fingerprint density at radius 2 is 2.09 bits per heavy atom. The van der Waals surface area contributed by atoms with Gasteiger partial charge in [-0.2, -0.15) is 0 Å². The molecule has 1 aromatic heterocycles. The number of hydrogen-bond donors (Lipinski definition) is 2. The summed E-state index contributed by atoms with van der Waals surface area (Å²) in [5, 5.41) is -0.444. The number of oxazole rings is 1. The lowest BCUT2D eigenvalue weighted by Gasteiger charge is -2.04. The van der Waals surface area contributed by atoms with Gasteiger partial charge in [0, 0.05) is 5.92 Å². The molecule has 22 heavy (non-hydrogen) atoms. The molecule has 0 bridgehead atoms. The molecule has 1 aliphatic carbocycles. The second-order valence-corrected chi connectivity index (χ2v) is 7.13. The van der Waals surface area contributed by atoms with Crippen LogP contribution in [0.4, 0.5) is 0 Å². The van der Waals surface area contributed by atoms with E-state index in [9.17, 15) is 13.2 Å². The van der Waals surface area contributed by atoms with Gasteiger partial charge < -0.3 is 10.2 Å². The minimum atomic E-state index is -3.46. The summed E-state index contributed by atoms with van der Waals surface area (Å²) in [6.45, 7) is -0.104. The van der Waals surface area contributed by atoms with E-state index in [0.29, 0.717) is 6.42 Å². The van der Waals surface area contributed by atoms with E-state index in [1.54, 1.807) is 0 Å². The fraction of sp³-hybridized carbons (Fsp3) is 0.286. The van der Waals surface area contributed by atoms with Gasteiger partial charge in [-0.05, 0) is 12.0 Å². The van der Waals surface area contributed by atoms with Crippen LogP contribution in [0.2, 0.25) is 0 Å². The highest BCUT2D eigenvalue weighted by Gasteiger charge is 2.47. The highest BCUT2D eigenvalue weighted by Crippen LogP contribution is 2.45. The van der Waals surface area contributed by atoms with Crippen molar-refractivity contribution in [3.63, 3.8) is 0 Å². The molecule has 8 heteroatoms. The van der Waals surface area contributed by atoms with Gasteiger partial charge in [0.2, 0.25) is 15.9 Å². The van der Waals surface area contributed by atoms with E-state index >= 15 is 0 Å². The SMILES string of the molecule is NC(=O)c1coc(CNS(=O)(=O)C2CC2c2ccccc2)n1. The topological polar surface area (TPSA) is 115 Å². The first-order valence-corrected chi connectivity index (χ1v) is 8.29. The van der Waals surface area contributed by atoms with Gasteiger partial charge in [-0.25, -0.2) is 18.1 Å². The smallest absolute Gasteiger partial charge is 0.270 e. The molecule has 3 N–H and O–H groups in total. The Bertz CT molecular complexity index is 785. The Kier molecular flexibility index (Phi) is 3.71.